The molecule has 2 N–H and O–H groups in total. The summed E-state index contributed by atoms with van der Waals surface area (Å²) in [6.07, 6.45) is 0.579. The first-order chi connectivity index (χ1) is 10.6. The van der Waals surface area contributed by atoms with Crippen LogP contribution in [0.1, 0.15) is 31.4 Å². The number of fused-ring (bicyclic) bond motifs is 1. The molecular weight excluding hydrogens is 306 g/mol. The van der Waals surface area contributed by atoms with Gasteiger partial charge in [-0.1, -0.05) is 30.7 Å². The van der Waals surface area contributed by atoms with E-state index in [0.717, 1.165) is 5.56 Å². The fourth-order valence-electron chi connectivity index (χ4n) is 2.27. The van der Waals surface area contributed by atoms with Crippen LogP contribution in [-0.2, 0) is 9.59 Å². The molecule has 22 heavy (non-hydrogen) atoms. The molecule has 2 amide bonds. The van der Waals surface area contributed by atoms with Gasteiger partial charge in [-0.05, 0) is 17.7 Å². The summed E-state index contributed by atoms with van der Waals surface area (Å²) in [5, 5.41) is 10.1. The third-order valence-electron chi connectivity index (χ3n) is 3.38. The number of carbonyl (C=O) groups excluding carboxylic acids is 2. The largest absolute Gasteiger partial charge is 0.295 e. The molecule has 0 spiro atoms. The van der Waals surface area contributed by atoms with E-state index < -0.39 is 0 Å². The Hall–Kier alpha value is -2.41. The lowest BCUT2D eigenvalue weighted by Crippen LogP contribution is -2.29. The van der Waals surface area contributed by atoms with Crippen molar-refractivity contribution in [3.63, 3.8) is 0 Å². The highest BCUT2D eigenvalue weighted by atomic mass is 35.5. The Morgan fingerprint density at radius 3 is 2.86 bits per heavy atom. The predicted octanol–water partition coefficient (Wildman–Crippen LogP) is 2.21. The molecule has 0 unspecified atom stereocenters. The molecule has 1 aromatic carbocycles. The van der Waals surface area contributed by atoms with Crippen molar-refractivity contribution in [2.24, 2.45) is 0 Å². The molecule has 0 bridgehead atoms. The molecule has 0 aliphatic carbocycles. The summed E-state index contributed by atoms with van der Waals surface area (Å²) in [6, 6.07) is 6.95. The van der Waals surface area contributed by atoms with Gasteiger partial charge in [-0.25, -0.2) is 4.68 Å². The highest BCUT2D eigenvalue weighted by Gasteiger charge is 2.29. The van der Waals surface area contributed by atoms with Gasteiger partial charge >= 0.3 is 0 Å². The van der Waals surface area contributed by atoms with E-state index >= 15 is 0 Å². The molecule has 114 valence electrons. The Kier molecular flexibility index (Phi) is 3.81. The molecule has 1 aromatic heterocycles. The van der Waals surface area contributed by atoms with Crippen LogP contribution in [-0.4, -0.2) is 26.6 Å². The molecule has 1 aliphatic rings. The summed E-state index contributed by atoms with van der Waals surface area (Å²) >= 11 is 5.90. The Labute approximate surface area is 131 Å². The summed E-state index contributed by atoms with van der Waals surface area (Å²) in [4.78, 5) is 27.4. The summed E-state index contributed by atoms with van der Waals surface area (Å²) in [6.45, 7) is 1.74. The molecule has 3 rings (SSSR count). The summed E-state index contributed by atoms with van der Waals surface area (Å²) in [7, 11) is 0. The lowest BCUT2D eigenvalue weighted by Gasteiger charge is -2.23. The Balaban J connectivity index is 1.96. The summed E-state index contributed by atoms with van der Waals surface area (Å²) in [5.74, 6) is 0.177. The Bertz CT molecular complexity index is 725. The number of hydrogen-bond acceptors (Lipinski definition) is 4. The fourth-order valence-corrected chi connectivity index (χ4v) is 2.40. The average Bonchev–Trinajstić information content (AvgIpc) is 2.89. The maximum atomic E-state index is 11.9. The van der Waals surface area contributed by atoms with Gasteiger partial charge in [-0.3, -0.25) is 20.2 Å². The number of amides is 2. The SMILES string of the molecule is CCC(=O)Nc1nc2n(n1)[C@@H](c1ccc(Cl)cc1)CC(=O)N2. The van der Waals surface area contributed by atoms with Crippen LogP contribution in [0.25, 0.3) is 0 Å². The zero-order chi connectivity index (χ0) is 15.7. The van der Waals surface area contributed by atoms with E-state index in [-0.39, 0.29) is 30.2 Å². The molecule has 2 aromatic rings. The first-order valence-electron chi connectivity index (χ1n) is 6.88. The van der Waals surface area contributed by atoms with Gasteiger partial charge in [0.1, 0.15) is 0 Å². The third kappa shape index (κ3) is 2.80. The van der Waals surface area contributed by atoms with E-state index in [4.69, 9.17) is 11.6 Å². The van der Waals surface area contributed by atoms with E-state index in [1.807, 2.05) is 12.1 Å². The van der Waals surface area contributed by atoms with Crippen LogP contribution in [0.2, 0.25) is 5.02 Å². The molecule has 1 aliphatic heterocycles. The quantitative estimate of drug-likeness (QED) is 0.907. The monoisotopic (exact) mass is 319 g/mol. The number of benzene rings is 1. The van der Waals surface area contributed by atoms with Gasteiger partial charge in [0.2, 0.25) is 17.8 Å². The number of nitrogens with zero attached hydrogens (tertiary/aromatic N) is 3. The van der Waals surface area contributed by atoms with Gasteiger partial charge in [0.05, 0.1) is 12.5 Å². The molecule has 1 atom stereocenters. The van der Waals surface area contributed by atoms with Gasteiger partial charge < -0.3 is 0 Å². The predicted molar refractivity (Wildman–Crippen MR) is 81.8 cm³/mol. The maximum Gasteiger partial charge on any atom is 0.250 e. The minimum atomic E-state index is -0.277. The van der Waals surface area contributed by atoms with Crippen molar-refractivity contribution in [3.05, 3.63) is 34.9 Å². The second-order valence-corrected chi connectivity index (χ2v) is 5.36. The molecule has 7 nitrogen and oxygen atoms in total. The van der Waals surface area contributed by atoms with Crippen molar-refractivity contribution in [2.75, 3.05) is 10.6 Å². The zero-order valence-electron chi connectivity index (χ0n) is 11.8. The second-order valence-electron chi connectivity index (χ2n) is 4.92. The van der Waals surface area contributed by atoms with E-state index in [0.29, 0.717) is 17.4 Å². The Morgan fingerprint density at radius 2 is 2.18 bits per heavy atom. The molecular formula is C14H14ClN5O2. The second kappa shape index (κ2) is 5.76. The minimum Gasteiger partial charge on any atom is -0.295 e. The van der Waals surface area contributed by atoms with Crippen LogP contribution >= 0.6 is 11.6 Å². The van der Waals surface area contributed by atoms with Crippen molar-refractivity contribution >= 4 is 35.3 Å². The van der Waals surface area contributed by atoms with Crippen molar-refractivity contribution in [1.29, 1.82) is 0 Å². The number of rotatable bonds is 3. The number of carbonyl (C=O) groups is 2. The number of aromatic nitrogens is 3. The summed E-state index contributed by atoms with van der Waals surface area (Å²) < 4.78 is 1.61. The molecule has 2 heterocycles. The first kappa shape index (κ1) is 14.5. The first-order valence-corrected chi connectivity index (χ1v) is 7.26. The van der Waals surface area contributed by atoms with Crippen LogP contribution in [0.15, 0.2) is 24.3 Å². The van der Waals surface area contributed by atoms with Crippen LogP contribution in [0.3, 0.4) is 0 Å². The number of halogens is 1. The Morgan fingerprint density at radius 1 is 1.45 bits per heavy atom. The van der Waals surface area contributed by atoms with Crippen LogP contribution in [0.4, 0.5) is 11.9 Å². The van der Waals surface area contributed by atoms with E-state index in [2.05, 4.69) is 20.7 Å². The molecule has 8 heteroatoms. The van der Waals surface area contributed by atoms with Gasteiger partial charge in [-0.2, -0.15) is 4.98 Å². The molecule has 0 fully saturated rings. The number of anilines is 2. The molecule has 0 saturated heterocycles. The van der Waals surface area contributed by atoms with E-state index in [1.54, 1.807) is 23.7 Å². The van der Waals surface area contributed by atoms with Crippen molar-refractivity contribution in [1.82, 2.24) is 14.8 Å². The molecule has 0 saturated carbocycles. The van der Waals surface area contributed by atoms with Gasteiger partial charge in [0, 0.05) is 11.4 Å². The normalized spacial score (nSPS) is 16.8. The average molecular weight is 320 g/mol. The smallest absolute Gasteiger partial charge is 0.250 e. The van der Waals surface area contributed by atoms with Crippen LogP contribution < -0.4 is 10.6 Å². The third-order valence-corrected chi connectivity index (χ3v) is 3.64. The van der Waals surface area contributed by atoms with Gasteiger partial charge in [-0.15, -0.1) is 5.10 Å². The number of nitrogens with one attached hydrogen (secondary N) is 2. The fraction of sp³-hybridized carbons (Fsp3) is 0.286. The van der Waals surface area contributed by atoms with Crippen molar-refractivity contribution < 1.29 is 9.59 Å². The number of hydrogen-bond donors (Lipinski definition) is 2. The zero-order valence-corrected chi connectivity index (χ0v) is 12.6. The van der Waals surface area contributed by atoms with Gasteiger partial charge in [0.25, 0.3) is 5.95 Å². The standard InChI is InChI=1S/C14H14ClN5O2/c1-2-11(21)16-13-18-14-17-12(22)7-10(20(14)19-13)8-3-5-9(15)6-4-8/h3-6,10H,2,7H2,1H3,(H2,16,17,18,19,21,22)/t10-/m1/s1. The van der Waals surface area contributed by atoms with E-state index in [9.17, 15) is 9.59 Å². The van der Waals surface area contributed by atoms with Crippen molar-refractivity contribution in [3.8, 4) is 0 Å². The lowest BCUT2D eigenvalue weighted by atomic mass is 10.0. The summed E-state index contributed by atoms with van der Waals surface area (Å²) in [5.41, 5.74) is 0.902. The maximum absolute atomic E-state index is 11.9. The highest BCUT2D eigenvalue weighted by molar-refractivity contribution is 6.30. The van der Waals surface area contributed by atoms with Crippen molar-refractivity contribution in [2.45, 2.75) is 25.8 Å². The lowest BCUT2D eigenvalue weighted by molar-refractivity contribution is -0.117. The molecule has 0 radical (unpaired) electrons. The topological polar surface area (TPSA) is 88.9 Å². The van der Waals surface area contributed by atoms with Gasteiger partial charge in [0.15, 0.2) is 0 Å². The van der Waals surface area contributed by atoms with E-state index in [1.165, 1.54) is 0 Å². The van der Waals surface area contributed by atoms with Crippen LogP contribution in [0, 0.1) is 0 Å². The highest BCUT2D eigenvalue weighted by Crippen LogP contribution is 2.30. The van der Waals surface area contributed by atoms with Crippen LogP contribution in [0.5, 0.6) is 0 Å². The minimum absolute atomic E-state index is 0.145.